The number of amides is 1. The second-order valence-electron chi connectivity index (χ2n) is 8.42. The molecule has 156 valence electrons. The van der Waals surface area contributed by atoms with Crippen molar-refractivity contribution < 1.29 is 4.79 Å². The molecule has 1 fully saturated rings. The van der Waals surface area contributed by atoms with Gasteiger partial charge in [0.05, 0.1) is 12.0 Å². The minimum absolute atomic E-state index is 0.0390. The van der Waals surface area contributed by atoms with Crippen LogP contribution in [0.4, 0.5) is 0 Å². The fourth-order valence-electron chi connectivity index (χ4n) is 4.06. The minimum Gasteiger partial charge on any atom is -0.347 e. The highest BCUT2D eigenvalue weighted by Crippen LogP contribution is 2.27. The van der Waals surface area contributed by atoms with E-state index in [-0.39, 0.29) is 17.9 Å². The zero-order chi connectivity index (χ0) is 21.1. The number of rotatable bonds is 6. The van der Waals surface area contributed by atoms with Gasteiger partial charge < -0.3 is 5.32 Å². The van der Waals surface area contributed by atoms with Crippen molar-refractivity contribution in [3.05, 3.63) is 82.9 Å². The number of likely N-dealkylation sites (tertiary alicyclic amines) is 1. The number of hydrogen-bond acceptors (Lipinski definition) is 4. The molecule has 2 aromatic carbocycles. The number of hydrogen-bond donors (Lipinski definition) is 2. The van der Waals surface area contributed by atoms with Crippen molar-refractivity contribution in [2.75, 3.05) is 13.1 Å². The summed E-state index contributed by atoms with van der Waals surface area (Å²) in [4.78, 5) is 19.7. The number of benzene rings is 2. The Labute approximate surface area is 177 Å². The molecule has 30 heavy (non-hydrogen) atoms. The molecule has 1 aliphatic rings. The van der Waals surface area contributed by atoms with Crippen molar-refractivity contribution in [3.8, 4) is 0 Å². The lowest BCUT2D eigenvalue weighted by molar-refractivity contribution is 0.0934. The van der Waals surface area contributed by atoms with Crippen molar-refractivity contribution in [2.45, 2.75) is 45.2 Å². The third kappa shape index (κ3) is 4.60. The van der Waals surface area contributed by atoms with Crippen LogP contribution in [0.1, 0.15) is 58.8 Å². The van der Waals surface area contributed by atoms with Crippen LogP contribution in [0.3, 0.4) is 0 Å². The first-order chi connectivity index (χ1) is 14.5. The molecule has 3 aromatic rings. The van der Waals surface area contributed by atoms with E-state index in [1.165, 1.54) is 11.1 Å². The van der Waals surface area contributed by atoms with Gasteiger partial charge in [0.15, 0.2) is 5.82 Å². The molecule has 1 saturated heterocycles. The number of aromatic nitrogens is 3. The molecule has 0 radical (unpaired) electrons. The van der Waals surface area contributed by atoms with Crippen LogP contribution in [-0.4, -0.2) is 45.1 Å². The van der Waals surface area contributed by atoms with Crippen molar-refractivity contribution in [3.63, 3.8) is 0 Å². The van der Waals surface area contributed by atoms with E-state index in [9.17, 15) is 4.79 Å². The summed E-state index contributed by atoms with van der Waals surface area (Å²) in [6.07, 6.45) is 0. The van der Waals surface area contributed by atoms with Crippen LogP contribution in [-0.2, 0) is 6.54 Å². The number of aryl methyl sites for hydroxylation is 1. The van der Waals surface area contributed by atoms with Gasteiger partial charge in [-0.1, -0.05) is 56.3 Å². The van der Waals surface area contributed by atoms with Crippen molar-refractivity contribution in [1.82, 2.24) is 25.4 Å². The molecule has 4 rings (SSSR count). The Hall–Kier alpha value is -2.99. The lowest BCUT2D eigenvalue weighted by Gasteiger charge is -2.18. The summed E-state index contributed by atoms with van der Waals surface area (Å²) in [6, 6.07) is 18.1. The molecular weight excluding hydrogens is 374 g/mol. The first-order valence-electron chi connectivity index (χ1n) is 10.6. The van der Waals surface area contributed by atoms with E-state index in [2.05, 4.69) is 63.5 Å². The molecule has 1 aromatic heterocycles. The quantitative estimate of drug-likeness (QED) is 0.659. The average Bonchev–Trinajstić information content (AvgIpc) is 3.35. The van der Waals surface area contributed by atoms with Crippen LogP contribution in [0, 0.1) is 6.92 Å². The molecule has 2 N–H and O–H groups in total. The highest BCUT2D eigenvalue weighted by Gasteiger charge is 2.37. The number of H-pyrrole nitrogens is 1. The fourth-order valence-corrected chi connectivity index (χ4v) is 4.06. The number of nitrogens with zero attached hydrogens (tertiary/aromatic N) is 3. The van der Waals surface area contributed by atoms with Crippen LogP contribution in [0.2, 0.25) is 0 Å². The Morgan fingerprint density at radius 1 is 1.13 bits per heavy atom. The highest BCUT2D eigenvalue weighted by atomic mass is 16.1. The standard InChI is InChI=1S/C24H29N5O/c1-16(2)19-11-9-18(10-12-19)13-29-14-21(23-25-17(3)27-28-23)22(15-29)26-24(30)20-7-5-4-6-8-20/h4-12,16,21-22H,13-15H2,1-3H3,(H,26,30)(H,25,27,28)/t21-,22-/m1/s1. The van der Waals surface area contributed by atoms with Crippen molar-refractivity contribution in [1.29, 1.82) is 0 Å². The van der Waals surface area contributed by atoms with Gasteiger partial charge in [-0.3, -0.25) is 14.8 Å². The summed E-state index contributed by atoms with van der Waals surface area (Å²) in [5.74, 6) is 2.09. The maximum Gasteiger partial charge on any atom is 0.251 e. The summed E-state index contributed by atoms with van der Waals surface area (Å²) in [7, 11) is 0. The molecule has 1 aliphatic heterocycles. The first-order valence-corrected chi connectivity index (χ1v) is 10.6. The maximum atomic E-state index is 12.8. The van der Waals surface area contributed by atoms with Crippen LogP contribution in [0.15, 0.2) is 54.6 Å². The summed E-state index contributed by atoms with van der Waals surface area (Å²) in [6.45, 7) is 8.73. The van der Waals surface area contributed by atoms with E-state index >= 15 is 0 Å². The Kier molecular flexibility index (Phi) is 5.95. The van der Waals surface area contributed by atoms with Gasteiger partial charge in [-0.25, -0.2) is 4.98 Å². The minimum atomic E-state index is -0.0546. The van der Waals surface area contributed by atoms with Gasteiger partial charge in [0, 0.05) is 25.2 Å². The number of aromatic amines is 1. The molecular formula is C24H29N5O. The normalized spacial score (nSPS) is 19.3. The smallest absolute Gasteiger partial charge is 0.251 e. The molecule has 2 heterocycles. The van der Waals surface area contributed by atoms with Gasteiger partial charge in [0.2, 0.25) is 0 Å². The average molecular weight is 404 g/mol. The van der Waals surface area contributed by atoms with Gasteiger partial charge in [-0.15, -0.1) is 0 Å². The number of carbonyl (C=O) groups is 1. The summed E-state index contributed by atoms with van der Waals surface area (Å²) >= 11 is 0. The molecule has 1 amide bonds. The Balaban J connectivity index is 1.49. The third-order valence-corrected chi connectivity index (χ3v) is 5.75. The largest absolute Gasteiger partial charge is 0.347 e. The Bertz CT molecular complexity index is 980. The molecule has 2 atom stereocenters. The van der Waals surface area contributed by atoms with Crippen molar-refractivity contribution >= 4 is 5.91 Å². The van der Waals surface area contributed by atoms with Gasteiger partial charge in [-0.2, -0.15) is 5.10 Å². The summed E-state index contributed by atoms with van der Waals surface area (Å²) in [5.41, 5.74) is 3.30. The lowest BCUT2D eigenvalue weighted by Crippen LogP contribution is -2.40. The molecule has 0 bridgehead atoms. The SMILES string of the molecule is Cc1nc([C@@H]2CN(Cc3ccc(C(C)C)cc3)C[C@H]2NC(=O)c2ccccc2)n[nH]1. The molecule has 0 spiro atoms. The second-order valence-corrected chi connectivity index (χ2v) is 8.42. The van der Waals surface area contributed by atoms with E-state index in [0.717, 1.165) is 31.3 Å². The predicted octanol–water partition coefficient (Wildman–Crippen LogP) is 3.63. The second kappa shape index (κ2) is 8.79. The molecule has 0 unspecified atom stereocenters. The third-order valence-electron chi connectivity index (χ3n) is 5.75. The Morgan fingerprint density at radius 2 is 1.87 bits per heavy atom. The van der Waals surface area contributed by atoms with Gasteiger partial charge in [0.1, 0.15) is 5.82 Å². The zero-order valence-electron chi connectivity index (χ0n) is 17.8. The Morgan fingerprint density at radius 3 is 2.50 bits per heavy atom. The van der Waals surface area contributed by atoms with Gasteiger partial charge in [0.25, 0.3) is 5.91 Å². The summed E-state index contributed by atoms with van der Waals surface area (Å²) in [5, 5.41) is 10.5. The molecule has 0 saturated carbocycles. The van der Waals surface area contributed by atoms with E-state index < -0.39 is 0 Å². The first kappa shape index (κ1) is 20.3. The highest BCUT2D eigenvalue weighted by molar-refractivity contribution is 5.94. The molecule has 6 heteroatoms. The zero-order valence-corrected chi connectivity index (χ0v) is 17.8. The van der Waals surface area contributed by atoms with E-state index in [4.69, 9.17) is 0 Å². The predicted molar refractivity (Wildman–Crippen MR) is 117 cm³/mol. The van der Waals surface area contributed by atoms with E-state index in [1.807, 2.05) is 37.3 Å². The topological polar surface area (TPSA) is 73.9 Å². The van der Waals surface area contributed by atoms with Gasteiger partial charge in [-0.05, 0) is 36.1 Å². The fraction of sp³-hybridized carbons (Fsp3) is 0.375. The molecule has 6 nitrogen and oxygen atoms in total. The van der Waals surface area contributed by atoms with Crippen LogP contribution >= 0.6 is 0 Å². The van der Waals surface area contributed by atoms with Crippen molar-refractivity contribution in [2.24, 2.45) is 0 Å². The van der Waals surface area contributed by atoms with E-state index in [0.29, 0.717) is 11.5 Å². The van der Waals surface area contributed by atoms with Crippen LogP contribution in [0.25, 0.3) is 0 Å². The number of nitrogens with one attached hydrogen (secondary N) is 2. The number of carbonyl (C=O) groups excluding carboxylic acids is 1. The van der Waals surface area contributed by atoms with Crippen LogP contribution < -0.4 is 5.32 Å². The molecule has 0 aliphatic carbocycles. The van der Waals surface area contributed by atoms with E-state index in [1.54, 1.807) is 0 Å². The maximum absolute atomic E-state index is 12.8. The monoisotopic (exact) mass is 403 g/mol. The van der Waals surface area contributed by atoms with Crippen LogP contribution in [0.5, 0.6) is 0 Å². The summed E-state index contributed by atoms with van der Waals surface area (Å²) < 4.78 is 0. The lowest BCUT2D eigenvalue weighted by atomic mass is 10.0. The van der Waals surface area contributed by atoms with Gasteiger partial charge >= 0.3 is 0 Å².